The van der Waals surface area contributed by atoms with Crippen LogP contribution in [0.4, 0.5) is 0 Å². The first-order valence-corrected chi connectivity index (χ1v) is 7.53. The van der Waals surface area contributed by atoms with Gasteiger partial charge in [-0.05, 0) is 49.3 Å². The summed E-state index contributed by atoms with van der Waals surface area (Å²) in [4.78, 5) is 0. The Morgan fingerprint density at radius 1 is 1.05 bits per heavy atom. The largest absolute Gasteiger partial charge is 0.383 e. The van der Waals surface area contributed by atoms with Crippen LogP contribution in [0.25, 0.3) is 0 Å². The molecule has 1 aromatic rings. The molecule has 2 heteroatoms. The van der Waals surface area contributed by atoms with Crippen LogP contribution in [0.5, 0.6) is 0 Å². The van der Waals surface area contributed by atoms with E-state index in [2.05, 4.69) is 43.4 Å². The van der Waals surface area contributed by atoms with E-state index in [0.29, 0.717) is 0 Å². The molecule has 0 aliphatic carbocycles. The van der Waals surface area contributed by atoms with E-state index < -0.39 is 0 Å². The summed E-state index contributed by atoms with van der Waals surface area (Å²) in [6.07, 6.45) is 4.85. The predicted octanol–water partition coefficient (Wildman–Crippen LogP) is 3.44. The van der Waals surface area contributed by atoms with Gasteiger partial charge in [0.2, 0.25) is 0 Å². The number of benzene rings is 1. The van der Waals surface area contributed by atoms with Gasteiger partial charge in [0.15, 0.2) is 0 Å². The molecule has 0 saturated carbocycles. The molecule has 0 aliphatic heterocycles. The Kier molecular flexibility index (Phi) is 8.52. The van der Waals surface area contributed by atoms with Crippen molar-refractivity contribution in [2.75, 3.05) is 26.8 Å². The van der Waals surface area contributed by atoms with Gasteiger partial charge in [0.25, 0.3) is 0 Å². The smallest absolute Gasteiger partial charge is 0.0587 e. The molecule has 0 aromatic heterocycles. The Labute approximate surface area is 118 Å². The molecule has 0 aliphatic rings. The number of rotatable bonds is 10. The molecule has 1 atom stereocenters. The fourth-order valence-electron chi connectivity index (χ4n) is 2.15. The molecule has 108 valence electrons. The summed E-state index contributed by atoms with van der Waals surface area (Å²) in [5, 5.41) is 3.41. The number of nitrogens with one attached hydrogen (secondary N) is 1. The molecule has 1 N–H and O–H groups in total. The third-order valence-electron chi connectivity index (χ3n) is 3.65. The summed E-state index contributed by atoms with van der Waals surface area (Å²) in [6.45, 7) is 7.41. The highest BCUT2D eigenvalue weighted by atomic mass is 16.5. The predicted molar refractivity (Wildman–Crippen MR) is 82.7 cm³/mol. The lowest BCUT2D eigenvalue weighted by atomic mass is 9.97. The Morgan fingerprint density at radius 3 is 2.37 bits per heavy atom. The monoisotopic (exact) mass is 263 g/mol. The van der Waals surface area contributed by atoms with Gasteiger partial charge in [0.05, 0.1) is 6.61 Å². The van der Waals surface area contributed by atoms with Gasteiger partial charge in [0, 0.05) is 13.7 Å². The molecular weight excluding hydrogens is 234 g/mol. The zero-order chi connectivity index (χ0) is 13.9. The van der Waals surface area contributed by atoms with E-state index in [-0.39, 0.29) is 0 Å². The standard InChI is InChI=1S/C17H29NO/c1-4-16-7-9-17(10-8-16)6-5-15(2)11-12-18-13-14-19-3/h7-10,15,18H,4-6,11-14H2,1-3H3. The maximum absolute atomic E-state index is 5.01. The summed E-state index contributed by atoms with van der Waals surface area (Å²) < 4.78 is 5.01. The Balaban J connectivity index is 2.13. The van der Waals surface area contributed by atoms with Crippen LogP contribution in [-0.2, 0) is 17.6 Å². The third-order valence-corrected chi connectivity index (χ3v) is 3.65. The normalized spacial score (nSPS) is 12.6. The van der Waals surface area contributed by atoms with E-state index in [1.54, 1.807) is 7.11 Å². The van der Waals surface area contributed by atoms with Crippen molar-refractivity contribution in [2.45, 2.75) is 39.5 Å². The highest BCUT2D eigenvalue weighted by molar-refractivity contribution is 5.22. The second-order valence-corrected chi connectivity index (χ2v) is 5.35. The van der Waals surface area contributed by atoms with Crippen molar-refractivity contribution in [2.24, 2.45) is 5.92 Å². The molecule has 0 heterocycles. The molecule has 1 aromatic carbocycles. The summed E-state index contributed by atoms with van der Waals surface area (Å²) in [7, 11) is 1.74. The van der Waals surface area contributed by atoms with Crippen LogP contribution in [0.1, 0.15) is 37.8 Å². The van der Waals surface area contributed by atoms with E-state index >= 15 is 0 Å². The van der Waals surface area contributed by atoms with Gasteiger partial charge >= 0.3 is 0 Å². The topological polar surface area (TPSA) is 21.3 Å². The number of aryl methyl sites for hydroxylation is 2. The van der Waals surface area contributed by atoms with Crippen molar-refractivity contribution in [1.82, 2.24) is 5.32 Å². The second kappa shape index (κ2) is 9.99. The number of hydrogen-bond donors (Lipinski definition) is 1. The van der Waals surface area contributed by atoms with Crippen molar-refractivity contribution in [1.29, 1.82) is 0 Å². The van der Waals surface area contributed by atoms with E-state index in [9.17, 15) is 0 Å². The number of ether oxygens (including phenoxy) is 1. The Hall–Kier alpha value is -0.860. The average molecular weight is 263 g/mol. The first kappa shape index (κ1) is 16.2. The van der Waals surface area contributed by atoms with E-state index in [4.69, 9.17) is 4.74 Å². The van der Waals surface area contributed by atoms with Crippen LogP contribution in [0.15, 0.2) is 24.3 Å². The van der Waals surface area contributed by atoms with Crippen LogP contribution in [-0.4, -0.2) is 26.8 Å². The summed E-state index contributed by atoms with van der Waals surface area (Å²) in [5.41, 5.74) is 2.90. The highest BCUT2D eigenvalue weighted by Crippen LogP contribution is 2.13. The molecule has 0 fully saturated rings. The van der Waals surface area contributed by atoms with Crippen LogP contribution in [0, 0.1) is 5.92 Å². The van der Waals surface area contributed by atoms with Crippen molar-refractivity contribution in [3.05, 3.63) is 35.4 Å². The van der Waals surface area contributed by atoms with Crippen LogP contribution in [0.2, 0.25) is 0 Å². The van der Waals surface area contributed by atoms with Crippen molar-refractivity contribution >= 4 is 0 Å². The molecule has 1 unspecified atom stereocenters. The molecule has 2 nitrogen and oxygen atoms in total. The fraction of sp³-hybridized carbons (Fsp3) is 0.647. The minimum absolute atomic E-state index is 0.779. The average Bonchev–Trinajstić information content (AvgIpc) is 2.45. The molecule has 0 bridgehead atoms. The molecule has 0 amide bonds. The molecule has 0 saturated heterocycles. The number of hydrogen-bond acceptors (Lipinski definition) is 2. The molecule has 0 radical (unpaired) electrons. The molecule has 1 rings (SSSR count). The maximum atomic E-state index is 5.01. The summed E-state index contributed by atoms with van der Waals surface area (Å²) in [6, 6.07) is 9.07. The van der Waals surface area contributed by atoms with Gasteiger partial charge in [-0.25, -0.2) is 0 Å². The summed E-state index contributed by atoms with van der Waals surface area (Å²) in [5.74, 6) is 0.779. The Bertz CT molecular complexity index is 321. The SMILES string of the molecule is CCc1ccc(CCC(C)CCNCCOC)cc1. The maximum Gasteiger partial charge on any atom is 0.0587 e. The molecule has 0 spiro atoms. The molecular formula is C17H29NO. The summed E-state index contributed by atoms with van der Waals surface area (Å²) >= 11 is 0. The van der Waals surface area contributed by atoms with E-state index in [1.165, 1.54) is 30.4 Å². The lowest BCUT2D eigenvalue weighted by Crippen LogP contribution is -2.21. The minimum atomic E-state index is 0.779. The molecule has 19 heavy (non-hydrogen) atoms. The zero-order valence-corrected chi connectivity index (χ0v) is 12.7. The van der Waals surface area contributed by atoms with Gasteiger partial charge in [-0.15, -0.1) is 0 Å². The zero-order valence-electron chi connectivity index (χ0n) is 12.7. The first-order chi connectivity index (χ1) is 9.26. The van der Waals surface area contributed by atoms with E-state index in [1.807, 2.05) is 0 Å². The first-order valence-electron chi connectivity index (χ1n) is 7.53. The van der Waals surface area contributed by atoms with Crippen molar-refractivity contribution < 1.29 is 4.74 Å². The van der Waals surface area contributed by atoms with Crippen LogP contribution < -0.4 is 5.32 Å². The van der Waals surface area contributed by atoms with Crippen LogP contribution >= 0.6 is 0 Å². The van der Waals surface area contributed by atoms with Crippen molar-refractivity contribution in [3.8, 4) is 0 Å². The third kappa shape index (κ3) is 7.34. The van der Waals surface area contributed by atoms with E-state index in [0.717, 1.165) is 32.0 Å². The van der Waals surface area contributed by atoms with Gasteiger partial charge < -0.3 is 10.1 Å². The van der Waals surface area contributed by atoms with Gasteiger partial charge in [0.1, 0.15) is 0 Å². The lowest BCUT2D eigenvalue weighted by molar-refractivity contribution is 0.199. The second-order valence-electron chi connectivity index (χ2n) is 5.35. The van der Waals surface area contributed by atoms with Gasteiger partial charge in [-0.3, -0.25) is 0 Å². The quantitative estimate of drug-likeness (QED) is 0.653. The van der Waals surface area contributed by atoms with Crippen molar-refractivity contribution in [3.63, 3.8) is 0 Å². The van der Waals surface area contributed by atoms with Gasteiger partial charge in [-0.2, -0.15) is 0 Å². The highest BCUT2D eigenvalue weighted by Gasteiger charge is 2.02. The van der Waals surface area contributed by atoms with Crippen LogP contribution in [0.3, 0.4) is 0 Å². The lowest BCUT2D eigenvalue weighted by Gasteiger charge is -2.12. The van der Waals surface area contributed by atoms with Gasteiger partial charge in [-0.1, -0.05) is 38.1 Å². The minimum Gasteiger partial charge on any atom is -0.383 e. The Morgan fingerprint density at radius 2 is 1.74 bits per heavy atom. The fourth-order valence-corrected chi connectivity index (χ4v) is 2.15. The number of methoxy groups -OCH3 is 1.